The summed E-state index contributed by atoms with van der Waals surface area (Å²) in [5.41, 5.74) is 1.81. The number of sulfonamides is 1. The van der Waals surface area contributed by atoms with Crippen molar-refractivity contribution in [1.82, 2.24) is 10.0 Å². The van der Waals surface area contributed by atoms with Crippen LogP contribution in [0.25, 0.3) is 0 Å². The molecule has 0 aromatic heterocycles. The van der Waals surface area contributed by atoms with E-state index in [0.717, 1.165) is 36.9 Å². The van der Waals surface area contributed by atoms with Crippen molar-refractivity contribution in [3.05, 3.63) is 29.3 Å². The molecule has 0 bridgehead atoms. The van der Waals surface area contributed by atoms with E-state index >= 15 is 0 Å². The van der Waals surface area contributed by atoms with Crippen LogP contribution in [0.15, 0.2) is 23.1 Å². The Bertz CT molecular complexity index is 584. The highest BCUT2D eigenvalue weighted by Gasteiger charge is 2.38. The Balaban J connectivity index is 2.11. The van der Waals surface area contributed by atoms with Crippen LogP contribution in [0.5, 0.6) is 0 Å². The summed E-state index contributed by atoms with van der Waals surface area (Å²) in [5.74, 6) is 0.509. The Kier molecular flexibility index (Phi) is 5.41. The van der Waals surface area contributed by atoms with E-state index in [2.05, 4.69) is 23.9 Å². The van der Waals surface area contributed by atoms with Crippen molar-refractivity contribution in [1.29, 1.82) is 0 Å². The zero-order chi connectivity index (χ0) is 15.5. The standard InChI is InChI=1S/C16H26N2O2S/c1-4-8-17-11-13-7-6-12(3)16(9-13)21(19,20)18-15-10-14(15)5-2/h6-7,9,14-15,17-18H,4-5,8,10-11H2,1-3H3. The predicted octanol–water partition coefficient (Wildman–Crippen LogP) is 2.57. The summed E-state index contributed by atoms with van der Waals surface area (Å²) in [4.78, 5) is 0.417. The van der Waals surface area contributed by atoms with Gasteiger partial charge in [0.2, 0.25) is 10.0 Å². The van der Waals surface area contributed by atoms with Gasteiger partial charge in [-0.25, -0.2) is 13.1 Å². The van der Waals surface area contributed by atoms with Crippen molar-refractivity contribution in [3.63, 3.8) is 0 Å². The van der Waals surface area contributed by atoms with Crippen LogP contribution in [0.2, 0.25) is 0 Å². The average Bonchev–Trinajstić information content (AvgIpc) is 3.18. The lowest BCUT2D eigenvalue weighted by Crippen LogP contribution is -2.28. The van der Waals surface area contributed by atoms with Gasteiger partial charge in [0.25, 0.3) is 0 Å². The van der Waals surface area contributed by atoms with Gasteiger partial charge in [0.05, 0.1) is 4.90 Å². The van der Waals surface area contributed by atoms with E-state index < -0.39 is 10.0 Å². The second-order valence-corrected chi connectivity index (χ2v) is 7.59. The van der Waals surface area contributed by atoms with Crippen molar-refractivity contribution < 1.29 is 8.42 Å². The maximum Gasteiger partial charge on any atom is 0.241 e. The second-order valence-electron chi connectivity index (χ2n) is 5.91. The molecule has 2 atom stereocenters. The van der Waals surface area contributed by atoms with Crippen molar-refractivity contribution >= 4 is 10.0 Å². The van der Waals surface area contributed by atoms with Crippen LogP contribution in [0.3, 0.4) is 0 Å². The van der Waals surface area contributed by atoms with Gasteiger partial charge in [0.15, 0.2) is 0 Å². The summed E-state index contributed by atoms with van der Waals surface area (Å²) in [6.07, 6.45) is 3.07. The van der Waals surface area contributed by atoms with Crippen LogP contribution >= 0.6 is 0 Å². The summed E-state index contributed by atoms with van der Waals surface area (Å²) >= 11 is 0. The Labute approximate surface area is 128 Å². The number of nitrogens with one attached hydrogen (secondary N) is 2. The highest BCUT2D eigenvalue weighted by Crippen LogP contribution is 2.34. The van der Waals surface area contributed by atoms with Gasteiger partial charge in [0.1, 0.15) is 0 Å². The highest BCUT2D eigenvalue weighted by atomic mass is 32.2. The second kappa shape index (κ2) is 6.90. The first kappa shape index (κ1) is 16.5. The van der Waals surface area contributed by atoms with Gasteiger partial charge in [-0.05, 0) is 49.4 Å². The van der Waals surface area contributed by atoms with Gasteiger partial charge >= 0.3 is 0 Å². The fourth-order valence-corrected chi connectivity index (χ4v) is 4.17. The summed E-state index contributed by atoms with van der Waals surface area (Å²) in [6.45, 7) is 7.71. The molecule has 0 aliphatic heterocycles. The molecular formula is C16H26N2O2S. The third-order valence-corrected chi connectivity index (χ3v) is 5.68. The molecule has 5 heteroatoms. The van der Waals surface area contributed by atoms with Crippen LogP contribution in [0.1, 0.15) is 44.2 Å². The minimum Gasteiger partial charge on any atom is -0.313 e. The number of aryl methyl sites for hydroxylation is 1. The first-order valence-corrected chi connectivity index (χ1v) is 9.28. The molecule has 2 N–H and O–H groups in total. The van der Waals surface area contributed by atoms with E-state index in [1.54, 1.807) is 6.07 Å². The first-order chi connectivity index (χ1) is 9.97. The molecule has 1 saturated carbocycles. The molecule has 21 heavy (non-hydrogen) atoms. The molecule has 0 radical (unpaired) electrons. The Hall–Kier alpha value is -0.910. The van der Waals surface area contributed by atoms with Gasteiger partial charge in [-0.3, -0.25) is 0 Å². The zero-order valence-electron chi connectivity index (χ0n) is 13.1. The largest absolute Gasteiger partial charge is 0.313 e. The Morgan fingerprint density at radius 3 is 2.67 bits per heavy atom. The molecule has 4 nitrogen and oxygen atoms in total. The monoisotopic (exact) mass is 310 g/mol. The van der Waals surface area contributed by atoms with Crippen molar-refractivity contribution in [2.45, 2.75) is 57.5 Å². The fourth-order valence-electron chi connectivity index (χ4n) is 2.56. The predicted molar refractivity (Wildman–Crippen MR) is 85.7 cm³/mol. The van der Waals surface area contributed by atoms with Crippen molar-refractivity contribution in [2.24, 2.45) is 5.92 Å². The smallest absolute Gasteiger partial charge is 0.241 e. The summed E-state index contributed by atoms with van der Waals surface area (Å²) < 4.78 is 27.9. The molecule has 0 spiro atoms. The lowest BCUT2D eigenvalue weighted by atomic mass is 10.1. The van der Waals surface area contributed by atoms with E-state index in [4.69, 9.17) is 0 Å². The van der Waals surface area contributed by atoms with E-state index in [-0.39, 0.29) is 6.04 Å². The van der Waals surface area contributed by atoms with Gasteiger partial charge in [-0.15, -0.1) is 0 Å². The number of hydrogen-bond donors (Lipinski definition) is 2. The molecular weight excluding hydrogens is 284 g/mol. The van der Waals surface area contributed by atoms with E-state index in [0.29, 0.717) is 17.4 Å². The van der Waals surface area contributed by atoms with Gasteiger partial charge < -0.3 is 5.32 Å². The molecule has 2 unspecified atom stereocenters. The molecule has 0 amide bonds. The van der Waals surface area contributed by atoms with Crippen molar-refractivity contribution in [2.75, 3.05) is 6.54 Å². The maximum atomic E-state index is 12.5. The maximum absolute atomic E-state index is 12.5. The van der Waals surface area contributed by atoms with Gasteiger partial charge in [0, 0.05) is 12.6 Å². The SMILES string of the molecule is CCCNCc1ccc(C)c(S(=O)(=O)NC2CC2CC)c1. The topological polar surface area (TPSA) is 58.2 Å². The minimum atomic E-state index is -3.40. The van der Waals surface area contributed by atoms with Gasteiger partial charge in [-0.2, -0.15) is 0 Å². The van der Waals surface area contributed by atoms with Crippen molar-refractivity contribution in [3.8, 4) is 0 Å². The van der Waals surface area contributed by atoms with E-state index in [9.17, 15) is 8.42 Å². The van der Waals surface area contributed by atoms with E-state index in [1.165, 1.54) is 0 Å². The van der Waals surface area contributed by atoms with Crippen LogP contribution in [0.4, 0.5) is 0 Å². The van der Waals surface area contributed by atoms with Crippen LogP contribution in [-0.4, -0.2) is 21.0 Å². The van der Waals surface area contributed by atoms with Crippen LogP contribution in [0, 0.1) is 12.8 Å². The summed E-state index contributed by atoms with van der Waals surface area (Å²) in [5, 5.41) is 3.30. The number of hydrogen-bond acceptors (Lipinski definition) is 3. The molecule has 1 aromatic carbocycles. The molecule has 1 aliphatic carbocycles. The minimum absolute atomic E-state index is 0.126. The normalized spacial score (nSPS) is 21.5. The van der Waals surface area contributed by atoms with E-state index in [1.807, 2.05) is 19.1 Å². The molecule has 118 valence electrons. The average molecular weight is 310 g/mol. The highest BCUT2D eigenvalue weighted by molar-refractivity contribution is 7.89. The molecule has 2 rings (SSSR count). The summed E-state index contributed by atoms with van der Waals surface area (Å²) in [7, 11) is -3.40. The zero-order valence-corrected chi connectivity index (χ0v) is 14.0. The van der Waals surface area contributed by atoms with Crippen LogP contribution < -0.4 is 10.0 Å². The van der Waals surface area contributed by atoms with Gasteiger partial charge in [-0.1, -0.05) is 32.4 Å². The number of benzene rings is 1. The Morgan fingerprint density at radius 1 is 1.29 bits per heavy atom. The molecule has 1 aromatic rings. The lowest BCUT2D eigenvalue weighted by molar-refractivity contribution is 0.575. The van der Waals surface area contributed by atoms with Crippen LogP contribution in [-0.2, 0) is 16.6 Å². The summed E-state index contributed by atoms with van der Waals surface area (Å²) in [6, 6.07) is 5.80. The molecule has 1 fully saturated rings. The Morgan fingerprint density at radius 2 is 2.05 bits per heavy atom. The fraction of sp³-hybridized carbons (Fsp3) is 0.625. The molecule has 1 aliphatic rings. The first-order valence-electron chi connectivity index (χ1n) is 7.80. The molecule has 0 heterocycles. The molecule has 0 saturated heterocycles. The quantitative estimate of drug-likeness (QED) is 0.726. The number of rotatable bonds is 8. The third-order valence-electron chi connectivity index (χ3n) is 4.05. The third kappa shape index (κ3) is 4.28. The lowest BCUT2D eigenvalue weighted by Gasteiger charge is -2.11.